The molecule has 0 atom stereocenters. The lowest BCUT2D eigenvalue weighted by atomic mass is 9.92. The van der Waals surface area contributed by atoms with E-state index in [-0.39, 0.29) is 0 Å². The number of ether oxygens (including phenoxy) is 1. The molecule has 0 saturated carbocycles. The zero-order valence-electron chi connectivity index (χ0n) is 12.6. The van der Waals surface area contributed by atoms with Gasteiger partial charge in [-0.25, -0.2) is 0 Å². The fourth-order valence-electron chi connectivity index (χ4n) is 2.96. The minimum absolute atomic E-state index is 0.526. The molecule has 114 valence electrons. The Hall–Kier alpha value is -1.96. The zero-order chi connectivity index (χ0) is 16.0. The largest absolute Gasteiger partial charge is 0.488 e. The molecule has 23 heavy (non-hydrogen) atoms. The number of benzene rings is 3. The van der Waals surface area contributed by atoms with Gasteiger partial charge in [-0.05, 0) is 36.2 Å². The number of halogens is 2. The van der Waals surface area contributed by atoms with Crippen molar-refractivity contribution < 1.29 is 4.74 Å². The van der Waals surface area contributed by atoms with Gasteiger partial charge in [0.25, 0.3) is 0 Å². The molecule has 0 N–H and O–H groups in total. The van der Waals surface area contributed by atoms with Crippen molar-refractivity contribution in [2.45, 2.75) is 13.5 Å². The Morgan fingerprint density at radius 2 is 1.65 bits per heavy atom. The Labute approximate surface area is 145 Å². The van der Waals surface area contributed by atoms with Gasteiger partial charge in [0, 0.05) is 21.7 Å². The van der Waals surface area contributed by atoms with Crippen molar-refractivity contribution in [2.75, 3.05) is 0 Å². The van der Waals surface area contributed by atoms with Crippen LogP contribution in [0.2, 0.25) is 10.0 Å². The number of hydrogen-bond acceptors (Lipinski definition) is 1. The van der Waals surface area contributed by atoms with Gasteiger partial charge in [0.1, 0.15) is 12.4 Å². The summed E-state index contributed by atoms with van der Waals surface area (Å²) in [5.41, 5.74) is 6.43. The molecule has 3 aromatic rings. The van der Waals surface area contributed by atoms with Gasteiger partial charge in [-0.15, -0.1) is 0 Å². The molecule has 0 amide bonds. The molecule has 0 bridgehead atoms. The monoisotopic (exact) mass is 340 g/mol. The molecule has 3 aromatic carbocycles. The molecular formula is C20H14Cl2O. The Kier molecular flexibility index (Phi) is 3.56. The first-order valence-electron chi connectivity index (χ1n) is 7.44. The van der Waals surface area contributed by atoms with Gasteiger partial charge < -0.3 is 4.74 Å². The molecule has 3 heteroatoms. The SMILES string of the molecule is Cc1ccc(-c2ccc3c(c2Cl)-c2cc(Cl)ccc2OC3)cc1. The van der Waals surface area contributed by atoms with E-state index in [1.807, 2.05) is 18.2 Å². The van der Waals surface area contributed by atoms with Crippen LogP contribution in [0.5, 0.6) is 5.75 Å². The molecule has 0 unspecified atom stereocenters. The van der Waals surface area contributed by atoms with Gasteiger partial charge >= 0.3 is 0 Å². The first kappa shape index (κ1) is 14.6. The van der Waals surface area contributed by atoms with E-state index in [1.54, 1.807) is 0 Å². The van der Waals surface area contributed by atoms with Crippen LogP contribution in [0.15, 0.2) is 54.6 Å². The molecule has 4 rings (SSSR count). The van der Waals surface area contributed by atoms with E-state index in [9.17, 15) is 0 Å². The van der Waals surface area contributed by atoms with Crippen molar-refractivity contribution in [1.29, 1.82) is 0 Å². The standard InChI is InChI=1S/C20H14Cl2O/c1-12-2-4-13(5-3-12)16-8-6-14-11-23-18-9-7-15(21)10-17(18)19(14)20(16)22/h2-10H,11H2,1H3. The Morgan fingerprint density at radius 1 is 0.870 bits per heavy atom. The number of rotatable bonds is 1. The minimum atomic E-state index is 0.526. The van der Waals surface area contributed by atoms with Crippen LogP contribution in [0.4, 0.5) is 0 Å². The van der Waals surface area contributed by atoms with Crippen molar-refractivity contribution in [2.24, 2.45) is 0 Å². The first-order chi connectivity index (χ1) is 11.1. The average Bonchev–Trinajstić information content (AvgIpc) is 2.56. The van der Waals surface area contributed by atoms with Gasteiger partial charge in [0.05, 0.1) is 5.02 Å². The number of fused-ring (bicyclic) bond motifs is 3. The van der Waals surface area contributed by atoms with Gasteiger partial charge in [-0.1, -0.05) is 65.2 Å². The van der Waals surface area contributed by atoms with E-state index in [2.05, 4.69) is 43.3 Å². The fraction of sp³-hybridized carbons (Fsp3) is 0.100. The smallest absolute Gasteiger partial charge is 0.127 e. The van der Waals surface area contributed by atoms with Crippen molar-refractivity contribution in [3.05, 3.63) is 75.8 Å². The maximum atomic E-state index is 6.78. The van der Waals surface area contributed by atoms with Gasteiger partial charge in [0.15, 0.2) is 0 Å². The highest BCUT2D eigenvalue weighted by Crippen LogP contribution is 2.46. The normalized spacial score (nSPS) is 12.3. The summed E-state index contributed by atoms with van der Waals surface area (Å²) in [5.74, 6) is 0.824. The molecule has 0 aromatic heterocycles. The Morgan fingerprint density at radius 3 is 2.43 bits per heavy atom. The van der Waals surface area contributed by atoms with E-state index < -0.39 is 0 Å². The van der Waals surface area contributed by atoms with Crippen LogP contribution in [0.25, 0.3) is 22.3 Å². The molecule has 1 nitrogen and oxygen atoms in total. The predicted molar refractivity (Wildman–Crippen MR) is 96.4 cm³/mol. The van der Waals surface area contributed by atoms with E-state index in [0.29, 0.717) is 11.6 Å². The van der Waals surface area contributed by atoms with Crippen LogP contribution < -0.4 is 4.74 Å². The third-order valence-corrected chi connectivity index (χ3v) is 4.81. The Bertz CT molecular complexity index is 898. The maximum absolute atomic E-state index is 6.78. The van der Waals surface area contributed by atoms with Crippen molar-refractivity contribution in [1.82, 2.24) is 0 Å². The summed E-state index contributed by atoms with van der Waals surface area (Å²) in [6, 6.07) is 18.2. The van der Waals surface area contributed by atoms with Crippen molar-refractivity contribution >= 4 is 23.2 Å². The van der Waals surface area contributed by atoms with E-state index in [1.165, 1.54) is 5.56 Å². The van der Waals surface area contributed by atoms with Crippen LogP contribution in [0, 0.1) is 6.92 Å². The molecule has 0 spiro atoms. The zero-order valence-corrected chi connectivity index (χ0v) is 14.1. The second-order valence-electron chi connectivity index (χ2n) is 5.76. The van der Waals surface area contributed by atoms with Crippen LogP contribution in [-0.4, -0.2) is 0 Å². The van der Waals surface area contributed by atoms with E-state index >= 15 is 0 Å². The third-order valence-electron chi connectivity index (χ3n) is 4.18. The van der Waals surface area contributed by atoms with Crippen LogP contribution in [0.3, 0.4) is 0 Å². The summed E-state index contributed by atoms with van der Waals surface area (Å²) >= 11 is 13.0. The first-order valence-corrected chi connectivity index (χ1v) is 8.20. The predicted octanol–water partition coefficient (Wildman–Crippen LogP) is 6.53. The van der Waals surface area contributed by atoms with Crippen LogP contribution in [0.1, 0.15) is 11.1 Å². The minimum Gasteiger partial charge on any atom is -0.488 e. The number of hydrogen-bond donors (Lipinski definition) is 0. The summed E-state index contributed by atoms with van der Waals surface area (Å²) in [5, 5.41) is 1.43. The lowest BCUT2D eigenvalue weighted by Gasteiger charge is -2.23. The summed E-state index contributed by atoms with van der Waals surface area (Å²) < 4.78 is 5.80. The van der Waals surface area contributed by atoms with E-state index in [4.69, 9.17) is 27.9 Å². The molecule has 0 radical (unpaired) electrons. The van der Waals surface area contributed by atoms with Crippen molar-refractivity contribution in [3.8, 4) is 28.0 Å². The van der Waals surface area contributed by atoms with Gasteiger partial charge in [0.2, 0.25) is 0 Å². The molecule has 1 heterocycles. The summed E-state index contributed by atoms with van der Waals surface area (Å²) in [7, 11) is 0. The molecule has 1 aliphatic rings. The highest BCUT2D eigenvalue weighted by molar-refractivity contribution is 6.36. The topological polar surface area (TPSA) is 9.23 Å². The Balaban J connectivity index is 1.94. The highest BCUT2D eigenvalue weighted by atomic mass is 35.5. The van der Waals surface area contributed by atoms with Crippen molar-refractivity contribution in [3.63, 3.8) is 0 Å². The van der Waals surface area contributed by atoms with Crippen LogP contribution >= 0.6 is 23.2 Å². The maximum Gasteiger partial charge on any atom is 0.127 e. The van der Waals surface area contributed by atoms with Crippen LogP contribution in [-0.2, 0) is 6.61 Å². The third kappa shape index (κ3) is 2.50. The molecule has 0 saturated heterocycles. The van der Waals surface area contributed by atoms with Gasteiger partial charge in [-0.2, -0.15) is 0 Å². The lowest BCUT2D eigenvalue weighted by Crippen LogP contribution is -2.06. The fourth-order valence-corrected chi connectivity index (χ4v) is 3.53. The summed E-state index contributed by atoms with van der Waals surface area (Å²) in [4.78, 5) is 0. The quantitative estimate of drug-likeness (QED) is 0.489. The second-order valence-corrected chi connectivity index (χ2v) is 6.57. The summed E-state index contributed by atoms with van der Waals surface area (Å²) in [6.07, 6.45) is 0. The lowest BCUT2D eigenvalue weighted by molar-refractivity contribution is 0.302. The molecule has 1 aliphatic heterocycles. The second kappa shape index (κ2) is 5.59. The molecule has 0 aliphatic carbocycles. The summed E-state index contributed by atoms with van der Waals surface area (Å²) in [6.45, 7) is 2.60. The average molecular weight is 341 g/mol. The molecular weight excluding hydrogens is 327 g/mol. The highest BCUT2D eigenvalue weighted by Gasteiger charge is 2.22. The molecule has 0 fully saturated rings. The number of aryl methyl sites for hydroxylation is 1. The van der Waals surface area contributed by atoms with Gasteiger partial charge in [-0.3, -0.25) is 0 Å². The van der Waals surface area contributed by atoms with E-state index in [0.717, 1.165) is 38.6 Å².